The molecule has 0 unspecified atom stereocenters. The number of carboxylic acid groups (broad SMARTS) is 1. The van der Waals surface area contributed by atoms with Gasteiger partial charge in [-0.3, -0.25) is 9.36 Å². The molecule has 108 valence electrons. The summed E-state index contributed by atoms with van der Waals surface area (Å²) in [6.45, 7) is -0.799. The second kappa shape index (κ2) is 4.85. The number of carbonyl (C=O) groups is 2. The predicted octanol–water partition coefficient (Wildman–Crippen LogP) is 1.94. The molecule has 0 spiro atoms. The SMILES string of the molecule is O=C(O)c1ncn2c1CNC(=O)c1c-2ccc(CF)c1Cl. The van der Waals surface area contributed by atoms with Crippen molar-refractivity contribution < 1.29 is 19.1 Å². The summed E-state index contributed by atoms with van der Waals surface area (Å²) in [4.78, 5) is 27.1. The zero-order chi connectivity index (χ0) is 15.1. The van der Waals surface area contributed by atoms with E-state index in [1.165, 1.54) is 23.0 Å². The van der Waals surface area contributed by atoms with Gasteiger partial charge < -0.3 is 10.4 Å². The maximum atomic E-state index is 12.9. The van der Waals surface area contributed by atoms with Crippen molar-refractivity contribution in [1.82, 2.24) is 14.9 Å². The molecule has 8 heteroatoms. The van der Waals surface area contributed by atoms with Crippen molar-refractivity contribution in [3.05, 3.63) is 46.0 Å². The third-order valence-electron chi connectivity index (χ3n) is 3.32. The quantitative estimate of drug-likeness (QED) is 0.888. The standard InChI is InChI=1S/C13H9ClFN3O3/c14-10-6(3-15)1-2-7-9(10)12(19)16-4-8-11(13(20)21)17-5-18(7)8/h1-2,5H,3-4H2,(H,16,19)(H,20,21). The number of nitrogens with zero attached hydrogens (tertiary/aromatic N) is 2. The number of hydrogen-bond donors (Lipinski definition) is 2. The van der Waals surface area contributed by atoms with Crippen LogP contribution in [0.1, 0.15) is 32.1 Å². The molecule has 0 atom stereocenters. The second-order valence-corrected chi connectivity index (χ2v) is 4.84. The molecule has 1 aliphatic rings. The minimum Gasteiger partial charge on any atom is -0.476 e. The van der Waals surface area contributed by atoms with Gasteiger partial charge in [0.25, 0.3) is 5.91 Å². The summed E-state index contributed by atoms with van der Waals surface area (Å²) in [5, 5.41) is 11.7. The number of rotatable bonds is 2. The van der Waals surface area contributed by atoms with Crippen LogP contribution >= 0.6 is 11.6 Å². The highest BCUT2D eigenvalue weighted by Crippen LogP contribution is 2.31. The van der Waals surface area contributed by atoms with Gasteiger partial charge in [-0.2, -0.15) is 0 Å². The Morgan fingerprint density at radius 1 is 1.52 bits per heavy atom. The largest absolute Gasteiger partial charge is 0.476 e. The van der Waals surface area contributed by atoms with Gasteiger partial charge >= 0.3 is 5.97 Å². The lowest BCUT2D eigenvalue weighted by Gasteiger charge is -2.11. The van der Waals surface area contributed by atoms with Crippen molar-refractivity contribution in [2.24, 2.45) is 0 Å². The van der Waals surface area contributed by atoms with Crippen molar-refractivity contribution in [1.29, 1.82) is 0 Å². The van der Waals surface area contributed by atoms with Crippen LogP contribution in [0.5, 0.6) is 0 Å². The number of halogens is 2. The lowest BCUT2D eigenvalue weighted by atomic mass is 10.1. The Bertz CT molecular complexity index is 772. The Morgan fingerprint density at radius 2 is 2.29 bits per heavy atom. The maximum Gasteiger partial charge on any atom is 0.356 e. The van der Waals surface area contributed by atoms with Crippen molar-refractivity contribution in [3.8, 4) is 5.69 Å². The van der Waals surface area contributed by atoms with E-state index in [9.17, 15) is 14.0 Å². The van der Waals surface area contributed by atoms with Crippen LogP contribution in [0.2, 0.25) is 5.02 Å². The smallest absolute Gasteiger partial charge is 0.356 e. The van der Waals surface area contributed by atoms with Crippen LogP contribution in [-0.2, 0) is 13.2 Å². The zero-order valence-corrected chi connectivity index (χ0v) is 11.3. The second-order valence-electron chi connectivity index (χ2n) is 4.46. The number of carbonyl (C=O) groups excluding carboxylic acids is 1. The van der Waals surface area contributed by atoms with Crippen molar-refractivity contribution in [3.63, 3.8) is 0 Å². The molecule has 0 fully saturated rings. The summed E-state index contributed by atoms with van der Waals surface area (Å²) in [6, 6.07) is 2.99. The van der Waals surface area contributed by atoms with Crippen LogP contribution in [0, 0.1) is 0 Å². The summed E-state index contributed by atoms with van der Waals surface area (Å²) in [5.74, 6) is -1.67. The zero-order valence-electron chi connectivity index (χ0n) is 10.6. The van der Waals surface area contributed by atoms with Gasteiger partial charge in [0.05, 0.1) is 28.5 Å². The molecule has 1 aromatic heterocycles. The summed E-state index contributed by atoms with van der Waals surface area (Å²) >= 11 is 6.08. The molecule has 2 N–H and O–H groups in total. The van der Waals surface area contributed by atoms with E-state index in [4.69, 9.17) is 16.7 Å². The number of aromatic carboxylic acids is 1. The van der Waals surface area contributed by atoms with Gasteiger partial charge in [-0.15, -0.1) is 0 Å². The Kier molecular flexibility index (Phi) is 3.13. The van der Waals surface area contributed by atoms with Gasteiger partial charge in [-0.25, -0.2) is 14.2 Å². The average Bonchev–Trinajstić information content (AvgIpc) is 2.82. The first kappa shape index (κ1) is 13.6. The van der Waals surface area contributed by atoms with Crippen molar-refractivity contribution in [2.45, 2.75) is 13.2 Å². The first-order valence-electron chi connectivity index (χ1n) is 6.00. The van der Waals surface area contributed by atoms with Gasteiger partial charge in [-0.1, -0.05) is 17.7 Å². The number of amides is 1. The molecule has 21 heavy (non-hydrogen) atoms. The van der Waals surface area contributed by atoms with Crippen molar-refractivity contribution >= 4 is 23.5 Å². The predicted molar refractivity (Wildman–Crippen MR) is 71.5 cm³/mol. The molecule has 0 saturated carbocycles. The third kappa shape index (κ3) is 1.97. The first-order valence-corrected chi connectivity index (χ1v) is 6.37. The Labute approximate surface area is 123 Å². The fourth-order valence-corrected chi connectivity index (χ4v) is 2.61. The summed E-state index contributed by atoms with van der Waals surface area (Å²) < 4.78 is 14.4. The molecular formula is C13H9ClFN3O3. The number of hydrogen-bond acceptors (Lipinski definition) is 3. The summed E-state index contributed by atoms with van der Waals surface area (Å²) in [6.07, 6.45) is 1.31. The Balaban J connectivity index is 2.30. The molecule has 6 nitrogen and oxygen atoms in total. The third-order valence-corrected chi connectivity index (χ3v) is 3.75. The fourth-order valence-electron chi connectivity index (χ4n) is 2.31. The van der Waals surface area contributed by atoms with Gasteiger partial charge in [0.1, 0.15) is 13.0 Å². The van der Waals surface area contributed by atoms with Crippen LogP contribution in [0.15, 0.2) is 18.5 Å². The molecule has 3 rings (SSSR count). The van der Waals surface area contributed by atoms with Gasteiger partial charge in [0, 0.05) is 5.56 Å². The molecule has 2 aromatic rings. The number of alkyl halides is 1. The number of benzene rings is 1. The highest BCUT2D eigenvalue weighted by atomic mass is 35.5. The van der Waals surface area contributed by atoms with E-state index in [0.29, 0.717) is 11.4 Å². The average molecular weight is 310 g/mol. The van der Waals surface area contributed by atoms with Gasteiger partial charge in [0.15, 0.2) is 5.69 Å². The molecule has 0 bridgehead atoms. The van der Waals surface area contributed by atoms with Crippen LogP contribution in [0.3, 0.4) is 0 Å². The number of imidazole rings is 1. The molecule has 0 aliphatic carbocycles. The minimum atomic E-state index is -1.19. The van der Waals surface area contributed by atoms with E-state index in [0.717, 1.165) is 0 Å². The number of aromatic nitrogens is 2. The number of fused-ring (bicyclic) bond motifs is 3. The van der Waals surface area contributed by atoms with Crippen molar-refractivity contribution in [2.75, 3.05) is 0 Å². The normalized spacial score (nSPS) is 13.1. The first-order chi connectivity index (χ1) is 10.0. The molecular weight excluding hydrogens is 301 g/mol. The summed E-state index contributed by atoms with van der Waals surface area (Å²) in [5.41, 5.74) is 0.877. The molecule has 1 amide bonds. The fraction of sp³-hybridized carbons (Fsp3) is 0.154. The molecule has 0 saturated heterocycles. The Morgan fingerprint density at radius 3 is 2.95 bits per heavy atom. The van der Waals surface area contributed by atoms with Crippen LogP contribution in [0.25, 0.3) is 5.69 Å². The lowest BCUT2D eigenvalue weighted by Crippen LogP contribution is -2.22. The molecule has 2 heterocycles. The minimum absolute atomic E-state index is 0.00354. The van der Waals surface area contributed by atoms with E-state index in [1.807, 2.05) is 0 Å². The topological polar surface area (TPSA) is 84.2 Å². The molecule has 0 radical (unpaired) electrons. The van der Waals surface area contributed by atoms with Crippen LogP contribution < -0.4 is 5.32 Å². The molecule has 1 aromatic carbocycles. The van der Waals surface area contributed by atoms with E-state index in [2.05, 4.69) is 10.3 Å². The highest BCUT2D eigenvalue weighted by Gasteiger charge is 2.27. The van der Waals surface area contributed by atoms with Gasteiger partial charge in [0.2, 0.25) is 0 Å². The van der Waals surface area contributed by atoms with E-state index in [1.54, 1.807) is 0 Å². The van der Waals surface area contributed by atoms with E-state index >= 15 is 0 Å². The van der Waals surface area contributed by atoms with Crippen LogP contribution in [-0.4, -0.2) is 26.5 Å². The monoisotopic (exact) mass is 309 g/mol. The maximum absolute atomic E-state index is 12.9. The number of nitrogens with one attached hydrogen (secondary N) is 1. The highest BCUT2D eigenvalue weighted by molar-refractivity contribution is 6.35. The van der Waals surface area contributed by atoms with Gasteiger partial charge in [-0.05, 0) is 6.07 Å². The van der Waals surface area contributed by atoms with E-state index < -0.39 is 18.6 Å². The molecule has 1 aliphatic heterocycles. The summed E-state index contributed by atoms with van der Waals surface area (Å²) in [7, 11) is 0. The Hall–Kier alpha value is -2.41. The van der Waals surface area contributed by atoms with Crippen LogP contribution in [0.4, 0.5) is 4.39 Å². The van der Waals surface area contributed by atoms with E-state index in [-0.39, 0.29) is 28.4 Å². The lowest BCUT2D eigenvalue weighted by molar-refractivity contribution is 0.0688. The number of carboxylic acids is 1.